The van der Waals surface area contributed by atoms with E-state index in [-0.39, 0.29) is 11.9 Å². The van der Waals surface area contributed by atoms with E-state index in [4.69, 9.17) is 4.74 Å². The van der Waals surface area contributed by atoms with Crippen LogP contribution < -0.4 is 9.64 Å². The van der Waals surface area contributed by atoms with Crippen molar-refractivity contribution in [3.05, 3.63) is 60.7 Å². The van der Waals surface area contributed by atoms with E-state index in [0.29, 0.717) is 13.0 Å². The molecule has 1 heterocycles. The summed E-state index contributed by atoms with van der Waals surface area (Å²) in [5, 5.41) is 0. The third-order valence-corrected chi connectivity index (χ3v) is 4.40. The number of carbonyl (C=O) groups excluding carboxylic acids is 1. The van der Waals surface area contributed by atoms with Crippen LogP contribution in [0.2, 0.25) is 0 Å². The van der Waals surface area contributed by atoms with Crippen molar-refractivity contribution in [1.82, 2.24) is 4.90 Å². The fraction of sp³-hybridized carbons (Fsp3) is 0.350. The minimum absolute atomic E-state index is 0.172. The molecule has 0 bridgehead atoms. The van der Waals surface area contributed by atoms with Crippen molar-refractivity contribution in [2.45, 2.75) is 19.4 Å². The van der Waals surface area contributed by atoms with Crippen molar-refractivity contribution in [3.63, 3.8) is 0 Å². The highest BCUT2D eigenvalue weighted by molar-refractivity contribution is 5.77. The summed E-state index contributed by atoms with van der Waals surface area (Å²) in [6, 6.07) is 20.2. The van der Waals surface area contributed by atoms with Crippen LogP contribution in [0.25, 0.3) is 0 Å². The van der Waals surface area contributed by atoms with Crippen LogP contribution in [0.4, 0.5) is 5.69 Å². The molecule has 1 saturated heterocycles. The lowest BCUT2D eigenvalue weighted by atomic mass is 10.1. The van der Waals surface area contributed by atoms with Crippen molar-refractivity contribution in [1.29, 1.82) is 0 Å². The van der Waals surface area contributed by atoms with Gasteiger partial charge in [-0.25, -0.2) is 0 Å². The topological polar surface area (TPSA) is 32.8 Å². The lowest BCUT2D eigenvalue weighted by Gasteiger charge is -2.41. The van der Waals surface area contributed by atoms with Gasteiger partial charge in [-0.05, 0) is 31.2 Å². The first-order valence-electron chi connectivity index (χ1n) is 8.51. The number of piperazine rings is 1. The lowest BCUT2D eigenvalue weighted by molar-refractivity contribution is -0.134. The number of nitrogens with zero attached hydrogens (tertiary/aromatic N) is 2. The van der Waals surface area contributed by atoms with E-state index in [9.17, 15) is 4.79 Å². The molecule has 1 aliphatic rings. The molecule has 2 aromatic rings. The fourth-order valence-corrected chi connectivity index (χ4v) is 3.12. The largest absolute Gasteiger partial charge is 0.493 e. The first kappa shape index (κ1) is 16.4. The lowest BCUT2D eigenvalue weighted by Crippen LogP contribution is -2.54. The fourth-order valence-electron chi connectivity index (χ4n) is 3.12. The van der Waals surface area contributed by atoms with E-state index in [0.717, 1.165) is 25.4 Å². The second-order valence-corrected chi connectivity index (χ2v) is 6.13. The first-order valence-corrected chi connectivity index (χ1v) is 8.51. The minimum Gasteiger partial charge on any atom is -0.493 e. The van der Waals surface area contributed by atoms with E-state index < -0.39 is 0 Å². The van der Waals surface area contributed by atoms with Gasteiger partial charge in [0.05, 0.1) is 13.0 Å². The number of carbonyl (C=O) groups is 1. The number of amides is 1. The van der Waals surface area contributed by atoms with Crippen molar-refractivity contribution in [2.24, 2.45) is 0 Å². The van der Waals surface area contributed by atoms with Crippen LogP contribution >= 0.6 is 0 Å². The van der Waals surface area contributed by atoms with Crippen molar-refractivity contribution in [2.75, 3.05) is 31.1 Å². The number of benzene rings is 2. The molecule has 1 aliphatic heterocycles. The summed E-state index contributed by atoms with van der Waals surface area (Å²) in [4.78, 5) is 16.8. The van der Waals surface area contributed by atoms with Crippen LogP contribution in [-0.4, -0.2) is 43.1 Å². The van der Waals surface area contributed by atoms with E-state index in [1.54, 1.807) is 0 Å². The highest BCUT2D eigenvalue weighted by atomic mass is 16.5. The Morgan fingerprint density at radius 2 is 1.71 bits per heavy atom. The van der Waals surface area contributed by atoms with E-state index in [1.165, 1.54) is 5.69 Å². The number of anilines is 1. The minimum atomic E-state index is 0.172. The Morgan fingerprint density at radius 1 is 1.04 bits per heavy atom. The quantitative estimate of drug-likeness (QED) is 0.847. The smallest absolute Gasteiger partial charge is 0.226 e. The van der Waals surface area contributed by atoms with E-state index >= 15 is 0 Å². The molecular weight excluding hydrogens is 300 g/mol. The number of ether oxygens (including phenoxy) is 1. The molecular formula is C20H24N2O2. The number of hydrogen-bond acceptors (Lipinski definition) is 3. The third-order valence-electron chi connectivity index (χ3n) is 4.40. The molecule has 4 heteroatoms. The van der Waals surface area contributed by atoms with Gasteiger partial charge in [-0.15, -0.1) is 0 Å². The van der Waals surface area contributed by atoms with E-state index in [1.807, 2.05) is 41.3 Å². The Bertz CT molecular complexity index is 645. The summed E-state index contributed by atoms with van der Waals surface area (Å²) >= 11 is 0. The average Bonchev–Trinajstić information content (AvgIpc) is 2.63. The number of hydrogen-bond donors (Lipinski definition) is 0. The Balaban J connectivity index is 1.48. The zero-order valence-corrected chi connectivity index (χ0v) is 14.1. The highest BCUT2D eigenvalue weighted by Gasteiger charge is 2.27. The second kappa shape index (κ2) is 7.86. The molecule has 3 rings (SSSR count). The summed E-state index contributed by atoms with van der Waals surface area (Å²) < 4.78 is 5.64. The summed E-state index contributed by atoms with van der Waals surface area (Å²) in [6.45, 7) is 5.05. The zero-order valence-electron chi connectivity index (χ0n) is 14.1. The molecule has 0 spiro atoms. The Morgan fingerprint density at radius 3 is 2.38 bits per heavy atom. The van der Waals surface area contributed by atoms with Crippen LogP contribution in [0, 0.1) is 0 Å². The molecule has 0 saturated carbocycles. The number of rotatable bonds is 5. The third kappa shape index (κ3) is 4.07. The van der Waals surface area contributed by atoms with Crippen LogP contribution in [0.1, 0.15) is 13.3 Å². The molecule has 0 aliphatic carbocycles. The van der Waals surface area contributed by atoms with Gasteiger partial charge in [0, 0.05) is 31.4 Å². The van der Waals surface area contributed by atoms with Gasteiger partial charge in [-0.1, -0.05) is 36.4 Å². The first-order chi connectivity index (χ1) is 11.7. The average molecular weight is 324 g/mol. The van der Waals surface area contributed by atoms with Gasteiger partial charge in [-0.3, -0.25) is 4.79 Å². The SMILES string of the molecule is CC1CN(c2ccccc2)CCN1C(=O)CCOc1ccccc1. The summed E-state index contributed by atoms with van der Waals surface area (Å²) in [5.74, 6) is 0.985. The second-order valence-electron chi connectivity index (χ2n) is 6.13. The monoisotopic (exact) mass is 324 g/mol. The molecule has 0 aromatic heterocycles. The van der Waals surface area contributed by atoms with Gasteiger partial charge in [0.15, 0.2) is 0 Å². The molecule has 0 radical (unpaired) electrons. The Labute approximate surface area is 143 Å². The maximum atomic E-state index is 12.5. The van der Waals surface area contributed by atoms with E-state index in [2.05, 4.69) is 36.1 Å². The zero-order chi connectivity index (χ0) is 16.8. The maximum absolute atomic E-state index is 12.5. The molecule has 0 N–H and O–H groups in total. The predicted octanol–water partition coefficient (Wildman–Crippen LogP) is 3.19. The van der Waals surface area contributed by atoms with Gasteiger partial charge < -0.3 is 14.5 Å². The van der Waals surface area contributed by atoms with Gasteiger partial charge in [0.2, 0.25) is 5.91 Å². The summed E-state index contributed by atoms with van der Waals surface area (Å²) in [5.41, 5.74) is 1.23. The molecule has 1 atom stereocenters. The van der Waals surface area contributed by atoms with Crippen LogP contribution in [0.5, 0.6) is 5.75 Å². The standard InChI is InChI=1S/C20H24N2O2/c1-17-16-21(18-8-4-2-5-9-18)13-14-22(17)20(23)12-15-24-19-10-6-3-7-11-19/h2-11,17H,12-16H2,1H3. The molecule has 1 unspecified atom stereocenters. The molecule has 1 amide bonds. The summed E-state index contributed by atoms with van der Waals surface area (Å²) in [6.07, 6.45) is 0.421. The van der Waals surface area contributed by atoms with Gasteiger partial charge in [0.25, 0.3) is 0 Å². The number of para-hydroxylation sites is 2. The predicted molar refractivity (Wildman–Crippen MR) is 96.4 cm³/mol. The van der Waals surface area contributed by atoms with Gasteiger partial charge in [-0.2, -0.15) is 0 Å². The Hall–Kier alpha value is -2.49. The van der Waals surface area contributed by atoms with Gasteiger partial charge >= 0.3 is 0 Å². The van der Waals surface area contributed by atoms with Crippen molar-refractivity contribution >= 4 is 11.6 Å². The van der Waals surface area contributed by atoms with Crippen LogP contribution in [0.15, 0.2) is 60.7 Å². The van der Waals surface area contributed by atoms with Crippen LogP contribution in [0.3, 0.4) is 0 Å². The molecule has 2 aromatic carbocycles. The van der Waals surface area contributed by atoms with Crippen molar-refractivity contribution in [3.8, 4) is 5.75 Å². The molecule has 24 heavy (non-hydrogen) atoms. The molecule has 1 fully saturated rings. The highest BCUT2D eigenvalue weighted by Crippen LogP contribution is 2.19. The normalized spacial score (nSPS) is 17.6. The molecule has 4 nitrogen and oxygen atoms in total. The molecule has 126 valence electrons. The Kier molecular flexibility index (Phi) is 5.36. The van der Waals surface area contributed by atoms with Crippen molar-refractivity contribution < 1.29 is 9.53 Å². The summed E-state index contributed by atoms with van der Waals surface area (Å²) in [7, 11) is 0. The van der Waals surface area contributed by atoms with Gasteiger partial charge in [0.1, 0.15) is 5.75 Å². The maximum Gasteiger partial charge on any atom is 0.226 e. The van der Waals surface area contributed by atoms with Crippen LogP contribution in [-0.2, 0) is 4.79 Å².